The molecule has 3 fully saturated rings. The van der Waals surface area contributed by atoms with Crippen molar-refractivity contribution < 1.29 is 9.53 Å². The normalized spacial score (nSPS) is 46.0. The number of carbonyl (C=O) groups excluding carboxylic acids is 1. The van der Waals surface area contributed by atoms with E-state index in [1.807, 2.05) is 0 Å². The topological polar surface area (TPSA) is 26.3 Å². The number of allylic oxidation sites excluding steroid dienone is 1. The minimum Gasteiger partial charge on any atom is -0.460 e. The van der Waals surface area contributed by atoms with Gasteiger partial charge in [-0.2, -0.15) is 0 Å². The predicted molar refractivity (Wildman–Crippen MR) is 102 cm³/mol. The van der Waals surface area contributed by atoms with Crippen molar-refractivity contribution in [3.8, 4) is 0 Å². The van der Waals surface area contributed by atoms with Gasteiger partial charge in [-0.15, -0.1) is 0 Å². The molecule has 0 radical (unpaired) electrons. The molecule has 25 heavy (non-hydrogen) atoms. The van der Waals surface area contributed by atoms with E-state index in [2.05, 4.69) is 19.9 Å². The first kappa shape index (κ1) is 18.2. The van der Waals surface area contributed by atoms with Crippen LogP contribution in [0.25, 0.3) is 0 Å². The minimum atomic E-state index is -1.07. The molecule has 0 amide bonds. The van der Waals surface area contributed by atoms with Crippen molar-refractivity contribution in [2.24, 2.45) is 28.6 Å². The molecule has 0 bridgehead atoms. The van der Waals surface area contributed by atoms with Crippen molar-refractivity contribution in [2.75, 3.05) is 0 Å². The highest BCUT2D eigenvalue weighted by molar-refractivity contribution is 6.52. The van der Waals surface area contributed by atoms with E-state index >= 15 is 0 Å². The summed E-state index contributed by atoms with van der Waals surface area (Å²) in [6.07, 6.45) is 13.7. The number of hydrogen-bond acceptors (Lipinski definition) is 2. The Bertz CT molecular complexity index is 586. The summed E-state index contributed by atoms with van der Waals surface area (Å²) in [6.45, 7) is 5.03. The van der Waals surface area contributed by atoms with E-state index in [9.17, 15) is 4.79 Å². The van der Waals surface area contributed by atoms with Crippen molar-refractivity contribution in [2.45, 2.75) is 82.6 Å². The van der Waals surface area contributed by atoms with E-state index in [0.29, 0.717) is 10.8 Å². The molecule has 0 aromatic rings. The second kappa shape index (κ2) is 6.44. The van der Waals surface area contributed by atoms with Gasteiger partial charge in [0.15, 0.2) is 0 Å². The Kier molecular flexibility index (Phi) is 4.68. The lowest BCUT2D eigenvalue weighted by molar-refractivity contribution is -0.149. The standard InChI is InChI=1S/C21H30Cl2O2/c1-20-9-3-4-16(20)15-6-5-13-12-14(25-19(24)18(22)23)7-11-21(13,2)17(15)8-10-20/h5,14-18H,3-4,6-12H2,1-2H3/t14-,15+,16+,17+,20-,21-/m0/s1. The van der Waals surface area contributed by atoms with Crippen molar-refractivity contribution in [1.82, 2.24) is 0 Å². The summed E-state index contributed by atoms with van der Waals surface area (Å²) in [6, 6.07) is 0. The fourth-order valence-electron chi connectivity index (χ4n) is 6.94. The highest BCUT2D eigenvalue weighted by atomic mass is 35.5. The van der Waals surface area contributed by atoms with E-state index in [1.165, 1.54) is 44.1 Å². The molecule has 6 atom stereocenters. The van der Waals surface area contributed by atoms with E-state index in [0.717, 1.165) is 37.0 Å². The Morgan fingerprint density at radius 1 is 1.16 bits per heavy atom. The third kappa shape index (κ3) is 2.96. The minimum absolute atomic E-state index is 0.0521. The second-order valence-corrected chi connectivity index (χ2v) is 10.5. The Morgan fingerprint density at radius 2 is 1.96 bits per heavy atom. The number of ether oxygens (including phenoxy) is 1. The zero-order valence-corrected chi connectivity index (χ0v) is 16.9. The average molecular weight is 385 g/mol. The van der Waals surface area contributed by atoms with Crippen molar-refractivity contribution in [3.05, 3.63) is 11.6 Å². The van der Waals surface area contributed by atoms with E-state index < -0.39 is 10.8 Å². The van der Waals surface area contributed by atoms with Crippen LogP contribution in [0.1, 0.15) is 71.6 Å². The largest absolute Gasteiger partial charge is 0.460 e. The maximum absolute atomic E-state index is 11.7. The first-order chi connectivity index (χ1) is 11.8. The van der Waals surface area contributed by atoms with Gasteiger partial charge < -0.3 is 4.74 Å². The van der Waals surface area contributed by atoms with Gasteiger partial charge in [0.05, 0.1) is 0 Å². The zero-order valence-electron chi connectivity index (χ0n) is 15.4. The molecule has 0 heterocycles. The third-order valence-corrected chi connectivity index (χ3v) is 8.66. The van der Waals surface area contributed by atoms with Crippen LogP contribution < -0.4 is 0 Å². The summed E-state index contributed by atoms with van der Waals surface area (Å²) in [5.41, 5.74) is 2.43. The van der Waals surface area contributed by atoms with Gasteiger partial charge in [0, 0.05) is 6.42 Å². The Hall–Kier alpha value is -0.210. The van der Waals surface area contributed by atoms with Crippen LogP contribution in [0.5, 0.6) is 0 Å². The summed E-state index contributed by atoms with van der Waals surface area (Å²) < 4.78 is 5.52. The quantitative estimate of drug-likeness (QED) is 0.328. The molecule has 0 aromatic carbocycles. The maximum atomic E-state index is 11.7. The molecule has 140 valence electrons. The van der Waals surface area contributed by atoms with Gasteiger partial charge in [-0.25, -0.2) is 4.79 Å². The van der Waals surface area contributed by atoms with Crippen LogP contribution in [0, 0.1) is 28.6 Å². The Balaban J connectivity index is 1.52. The van der Waals surface area contributed by atoms with Crippen LogP contribution in [0.15, 0.2) is 11.6 Å². The SMILES string of the molecule is C[C@@]12CCC[C@@H]1[C@H]1CC=C3C[C@@H](OC(=O)C(Cl)Cl)CC[C@]3(C)[C@@H]1CC2. The number of carbonyl (C=O) groups is 1. The summed E-state index contributed by atoms with van der Waals surface area (Å²) in [7, 11) is 0. The Morgan fingerprint density at radius 3 is 2.72 bits per heavy atom. The molecule has 4 heteroatoms. The van der Waals surface area contributed by atoms with Crippen LogP contribution in [0.4, 0.5) is 0 Å². The van der Waals surface area contributed by atoms with Crippen LogP contribution in [-0.2, 0) is 9.53 Å². The van der Waals surface area contributed by atoms with Crippen LogP contribution in [0.2, 0.25) is 0 Å². The van der Waals surface area contributed by atoms with Crippen molar-refractivity contribution in [1.29, 1.82) is 0 Å². The van der Waals surface area contributed by atoms with Gasteiger partial charge in [0.1, 0.15) is 6.10 Å². The highest BCUT2D eigenvalue weighted by Gasteiger charge is 2.55. The van der Waals surface area contributed by atoms with E-state index in [-0.39, 0.29) is 6.10 Å². The second-order valence-electron chi connectivity index (χ2n) is 9.45. The molecule has 4 rings (SSSR count). The van der Waals surface area contributed by atoms with Gasteiger partial charge >= 0.3 is 5.97 Å². The number of esters is 1. The highest BCUT2D eigenvalue weighted by Crippen LogP contribution is 2.64. The molecule has 0 spiro atoms. The Labute approximate surface area is 161 Å². The molecule has 0 aromatic heterocycles. The zero-order chi connectivity index (χ0) is 17.8. The van der Waals surface area contributed by atoms with Gasteiger partial charge in [-0.3, -0.25) is 0 Å². The number of alkyl halides is 2. The number of hydrogen-bond donors (Lipinski definition) is 0. The smallest absolute Gasteiger partial charge is 0.339 e. The summed E-state index contributed by atoms with van der Waals surface area (Å²) in [4.78, 5) is 10.7. The molecule has 0 saturated heterocycles. The molecule has 3 saturated carbocycles. The summed E-state index contributed by atoms with van der Waals surface area (Å²) in [5.74, 6) is 2.11. The van der Waals surface area contributed by atoms with Crippen LogP contribution >= 0.6 is 23.2 Å². The average Bonchev–Trinajstić information content (AvgIpc) is 2.96. The molecule has 4 aliphatic carbocycles. The van der Waals surface area contributed by atoms with Gasteiger partial charge in [-0.1, -0.05) is 55.1 Å². The lowest BCUT2D eigenvalue weighted by Crippen LogP contribution is -2.49. The van der Waals surface area contributed by atoms with Crippen LogP contribution in [0.3, 0.4) is 0 Å². The van der Waals surface area contributed by atoms with Gasteiger partial charge in [0.25, 0.3) is 0 Å². The summed E-state index contributed by atoms with van der Waals surface area (Å²) >= 11 is 11.3. The van der Waals surface area contributed by atoms with E-state index in [4.69, 9.17) is 27.9 Å². The molecule has 0 N–H and O–H groups in total. The lowest BCUT2D eigenvalue weighted by atomic mass is 9.48. The maximum Gasteiger partial charge on any atom is 0.339 e. The van der Waals surface area contributed by atoms with Crippen LogP contribution in [-0.4, -0.2) is 16.9 Å². The fourth-order valence-corrected chi connectivity index (χ4v) is 7.04. The van der Waals surface area contributed by atoms with Crippen molar-refractivity contribution >= 4 is 29.2 Å². The first-order valence-corrected chi connectivity index (χ1v) is 10.9. The summed E-state index contributed by atoms with van der Waals surface area (Å²) in [5, 5.41) is 0. The third-order valence-electron chi connectivity index (χ3n) is 8.30. The van der Waals surface area contributed by atoms with Crippen molar-refractivity contribution in [3.63, 3.8) is 0 Å². The fraction of sp³-hybridized carbons (Fsp3) is 0.857. The molecule has 4 aliphatic rings. The predicted octanol–water partition coefficient (Wildman–Crippen LogP) is 6.05. The first-order valence-electron chi connectivity index (χ1n) is 10.0. The monoisotopic (exact) mass is 384 g/mol. The molecule has 0 unspecified atom stereocenters. The molecule has 2 nitrogen and oxygen atoms in total. The van der Waals surface area contributed by atoms with E-state index in [1.54, 1.807) is 0 Å². The number of rotatable bonds is 2. The molecular formula is C21H30Cl2O2. The molecule has 0 aliphatic heterocycles. The molecular weight excluding hydrogens is 355 g/mol. The number of halogens is 2. The van der Waals surface area contributed by atoms with Gasteiger partial charge in [0.2, 0.25) is 4.84 Å². The lowest BCUT2D eigenvalue weighted by Gasteiger charge is -2.57. The number of fused-ring (bicyclic) bond motifs is 5. The van der Waals surface area contributed by atoms with Gasteiger partial charge in [-0.05, 0) is 73.5 Å².